The highest BCUT2D eigenvalue weighted by Gasteiger charge is 2.33. The summed E-state index contributed by atoms with van der Waals surface area (Å²) in [5.74, 6) is 1.01. The number of hydrogen-bond donors (Lipinski definition) is 3. The standard InChI is InChI=1S/C25H33N5O2/c1-18-6-7-19-20(27-18)8-9-21-24(19)28-22(10-15-29-14-3-2-5-23(29)31)30(21)16-13-26-17-25(32)11-4-12-25/h2-3,5,8-9,14,18,26-27,32H,4,6-7,10-13,15-17H2,1H3/t18-/m0/s1. The fourth-order valence-electron chi connectivity index (χ4n) is 4.96. The van der Waals surface area contributed by atoms with E-state index in [1.807, 2.05) is 12.3 Å². The number of hydrogen-bond acceptors (Lipinski definition) is 5. The van der Waals surface area contributed by atoms with Crippen molar-refractivity contribution >= 4 is 16.7 Å². The Hall–Kier alpha value is -2.64. The van der Waals surface area contributed by atoms with Gasteiger partial charge in [-0.1, -0.05) is 6.07 Å². The van der Waals surface area contributed by atoms with Crippen molar-refractivity contribution < 1.29 is 5.11 Å². The summed E-state index contributed by atoms with van der Waals surface area (Å²) >= 11 is 0. The second-order valence-corrected chi connectivity index (χ2v) is 9.46. The number of nitrogens with one attached hydrogen (secondary N) is 2. The maximum Gasteiger partial charge on any atom is 0.250 e. The lowest BCUT2D eigenvalue weighted by Gasteiger charge is -2.36. The summed E-state index contributed by atoms with van der Waals surface area (Å²) in [4.78, 5) is 17.2. The van der Waals surface area contributed by atoms with Crippen LogP contribution in [0.3, 0.4) is 0 Å². The SMILES string of the molecule is C[C@H]1CCc2c(ccc3c2nc(CCn2ccccc2=O)n3CCNCC2(O)CCC2)N1. The number of aliphatic hydroxyl groups is 1. The van der Waals surface area contributed by atoms with Crippen LogP contribution in [0.2, 0.25) is 0 Å². The van der Waals surface area contributed by atoms with Crippen LogP contribution in [-0.4, -0.2) is 44.0 Å². The topological polar surface area (TPSA) is 84.1 Å². The Morgan fingerprint density at radius 1 is 1.25 bits per heavy atom. The van der Waals surface area contributed by atoms with Crippen LogP contribution < -0.4 is 16.2 Å². The summed E-state index contributed by atoms with van der Waals surface area (Å²) in [6, 6.07) is 10.1. The predicted molar refractivity (Wildman–Crippen MR) is 127 cm³/mol. The molecule has 170 valence electrons. The summed E-state index contributed by atoms with van der Waals surface area (Å²) in [6.07, 6.45) is 7.56. The normalized spacial score (nSPS) is 19.4. The van der Waals surface area contributed by atoms with E-state index < -0.39 is 5.60 Å². The largest absolute Gasteiger partial charge is 0.389 e. The Kier molecular flexibility index (Phi) is 5.78. The van der Waals surface area contributed by atoms with Crippen LogP contribution in [0, 0.1) is 0 Å². The van der Waals surface area contributed by atoms with Gasteiger partial charge < -0.3 is 24.9 Å². The lowest BCUT2D eigenvalue weighted by molar-refractivity contribution is -0.0311. The number of anilines is 1. The van der Waals surface area contributed by atoms with Crippen LogP contribution in [0.5, 0.6) is 0 Å². The second kappa shape index (κ2) is 8.71. The molecule has 1 atom stereocenters. The third-order valence-corrected chi connectivity index (χ3v) is 7.06. The van der Waals surface area contributed by atoms with Crippen LogP contribution in [0.15, 0.2) is 41.3 Å². The lowest BCUT2D eigenvalue weighted by atomic mass is 9.80. The minimum atomic E-state index is -0.518. The van der Waals surface area contributed by atoms with Gasteiger partial charge in [0.25, 0.3) is 5.56 Å². The number of imidazole rings is 1. The van der Waals surface area contributed by atoms with Crippen molar-refractivity contribution in [3.63, 3.8) is 0 Å². The molecule has 2 aliphatic rings. The molecule has 1 aliphatic carbocycles. The van der Waals surface area contributed by atoms with E-state index in [9.17, 15) is 9.90 Å². The van der Waals surface area contributed by atoms with Crippen LogP contribution in [0.4, 0.5) is 5.69 Å². The smallest absolute Gasteiger partial charge is 0.250 e. The quantitative estimate of drug-likeness (QED) is 0.474. The number of aryl methyl sites for hydroxylation is 3. The molecule has 7 heteroatoms. The maximum absolute atomic E-state index is 12.2. The number of fused-ring (bicyclic) bond motifs is 3. The number of aromatic nitrogens is 3. The summed E-state index contributed by atoms with van der Waals surface area (Å²) < 4.78 is 4.03. The van der Waals surface area contributed by atoms with Gasteiger partial charge in [-0.3, -0.25) is 4.79 Å². The van der Waals surface area contributed by atoms with Crippen molar-refractivity contribution in [2.45, 2.75) is 70.2 Å². The molecule has 0 spiro atoms. The number of nitrogens with zero attached hydrogens (tertiary/aromatic N) is 3. The van der Waals surface area contributed by atoms with Crippen molar-refractivity contribution in [3.8, 4) is 0 Å². The minimum Gasteiger partial charge on any atom is -0.389 e. The fraction of sp³-hybridized carbons (Fsp3) is 0.520. The molecule has 3 N–H and O–H groups in total. The highest BCUT2D eigenvalue weighted by molar-refractivity contribution is 5.86. The minimum absolute atomic E-state index is 0.0149. The average Bonchev–Trinajstić information content (AvgIpc) is 3.12. The summed E-state index contributed by atoms with van der Waals surface area (Å²) in [5, 5.41) is 17.4. The highest BCUT2D eigenvalue weighted by atomic mass is 16.3. The first-order chi connectivity index (χ1) is 15.5. The number of benzene rings is 1. The van der Waals surface area contributed by atoms with Gasteiger partial charge in [-0.25, -0.2) is 4.98 Å². The molecule has 3 heterocycles. The Balaban J connectivity index is 1.40. The highest BCUT2D eigenvalue weighted by Crippen LogP contribution is 2.32. The third kappa shape index (κ3) is 4.19. The van der Waals surface area contributed by atoms with E-state index in [0.29, 0.717) is 25.6 Å². The molecule has 2 aromatic heterocycles. The third-order valence-electron chi connectivity index (χ3n) is 7.06. The molecule has 7 nitrogen and oxygen atoms in total. The Morgan fingerprint density at radius 2 is 2.12 bits per heavy atom. The number of pyridine rings is 1. The van der Waals surface area contributed by atoms with Crippen LogP contribution in [0.25, 0.3) is 11.0 Å². The van der Waals surface area contributed by atoms with Crippen molar-refractivity contribution in [2.24, 2.45) is 0 Å². The van der Waals surface area contributed by atoms with Gasteiger partial charge in [-0.2, -0.15) is 0 Å². The van der Waals surface area contributed by atoms with Crippen molar-refractivity contribution in [1.29, 1.82) is 0 Å². The molecule has 0 bridgehead atoms. The molecule has 32 heavy (non-hydrogen) atoms. The first-order valence-corrected chi connectivity index (χ1v) is 11.9. The Morgan fingerprint density at radius 3 is 2.91 bits per heavy atom. The fourth-order valence-corrected chi connectivity index (χ4v) is 4.96. The molecular weight excluding hydrogens is 402 g/mol. The van der Waals surface area contributed by atoms with Crippen LogP contribution >= 0.6 is 0 Å². The zero-order valence-corrected chi connectivity index (χ0v) is 18.8. The first-order valence-electron chi connectivity index (χ1n) is 11.9. The van der Waals surface area contributed by atoms with E-state index in [1.165, 1.54) is 11.3 Å². The molecule has 5 rings (SSSR count). The van der Waals surface area contributed by atoms with Crippen LogP contribution in [0.1, 0.15) is 44.0 Å². The Bertz CT molecular complexity index is 1160. The Labute approximate surface area is 188 Å². The van der Waals surface area contributed by atoms with Gasteiger partial charge in [0, 0.05) is 62.2 Å². The van der Waals surface area contributed by atoms with E-state index in [-0.39, 0.29) is 5.56 Å². The number of rotatable bonds is 8. The van der Waals surface area contributed by atoms with Gasteiger partial charge in [-0.15, -0.1) is 0 Å². The lowest BCUT2D eigenvalue weighted by Crippen LogP contribution is -2.46. The van der Waals surface area contributed by atoms with Gasteiger partial charge in [0.2, 0.25) is 0 Å². The molecule has 3 aromatic rings. The zero-order valence-electron chi connectivity index (χ0n) is 18.8. The van der Waals surface area contributed by atoms with Crippen molar-refractivity contribution in [1.82, 2.24) is 19.4 Å². The predicted octanol–water partition coefficient (Wildman–Crippen LogP) is 2.69. The molecule has 0 unspecified atom stereocenters. The molecular formula is C25H33N5O2. The average molecular weight is 436 g/mol. The summed E-state index contributed by atoms with van der Waals surface area (Å²) in [6.45, 7) is 5.03. The summed E-state index contributed by atoms with van der Waals surface area (Å²) in [7, 11) is 0. The molecule has 0 radical (unpaired) electrons. The van der Waals surface area contributed by atoms with Gasteiger partial charge in [0.05, 0.1) is 16.6 Å². The van der Waals surface area contributed by atoms with Crippen LogP contribution in [-0.2, 0) is 25.9 Å². The maximum atomic E-state index is 12.2. The first kappa shape index (κ1) is 21.2. The molecule has 0 saturated heterocycles. The van der Waals surface area contributed by atoms with E-state index in [2.05, 4.69) is 34.3 Å². The van der Waals surface area contributed by atoms with Gasteiger partial charge in [0.15, 0.2) is 0 Å². The van der Waals surface area contributed by atoms with E-state index >= 15 is 0 Å². The van der Waals surface area contributed by atoms with E-state index in [0.717, 1.165) is 62.1 Å². The van der Waals surface area contributed by atoms with Gasteiger partial charge >= 0.3 is 0 Å². The second-order valence-electron chi connectivity index (χ2n) is 9.46. The molecule has 1 aromatic carbocycles. The van der Waals surface area contributed by atoms with Crippen molar-refractivity contribution in [2.75, 3.05) is 18.4 Å². The molecule has 1 aliphatic heterocycles. The summed E-state index contributed by atoms with van der Waals surface area (Å²) in [5.41, 5.74) is 4.22. The van der Waals surface area contributed by atoms with E-state index in [1.54, 1.807) is 16.7 Å². The van der Waals surface area contributed by atoms with Gasteiger partial charge in [0.1, 0.15) is 5.82 Å². The zero-order chi connectivity index (χ0) is 22.1. The monoisotopic (exact) mass is 435 g/mol. The van der Waals surface area contributed by atoms with E-state index in [4.69, 9.17) is 4.98 Å². The van der Waals surface area contributed by atoms with Gasteiger partial charge in [-0.05, 0) is 57.2 Å². The van der Waals surface area contributed by atoms with Crippen molar-refractivity contribution in [3.05, 3.63) is 58.3 Å². The molecule has 1 fully saturated rings. The molecule has 1 saturated carbocycles. The molecule has 0 amide bonds.